The predicted octanol–water partition coefficient (Wildman–Crippen LogP) is 4.36. The third kappa shape index (κ3) is 5.95. The van der Waals surface area contributed by atoms with Gasteiger partial charge in [0, 0.05) is 12.0 Å². The number of carbonyl (C=O) groups excluding carboxylic acids is 1. The van der Waals surface area contributed by atoms with Crippen molar-refractivity contribution < 1.29 is 14.6 Å². The molecule has 0 aliphatic heterocycles. The second kappa shape index (κ2) is 11.2. The fourth-order valence-corrected chi connectivity index (χ4v) is 3.57. The molecule has 3 rings (SSSR count). The largest absolute Gasteiger partial charge is 0.507 e. The molecule has 8 heteroatoms. The minimum absolute atomic E-state index is 0.0169. The van der Waals surface area contributed by atoms with Gasteiger partial charge in [-0.25, -0.2) is 0 Å². The number of unbranched alkanes of at least 4 members (excludes halogenated alkanes) is 1. The van der Waals surface area contributed by atoms with Crippen molar-refractivity contribution in [2.75, 3.05) is 6.61 Å². The molecular formula is C25H29N5O3. The number of nitriles is 1. The minimum atomic E-state index is -0.613. The van der Waals surface area contributed by atoms with Crippen LogP contribution in [0.1, 0.15) is 72.0 Å². The monoisotopic (exact) mass is 447 g/mol. The molecule has 2 aromatic carbocycles. The molecular weight excluding hydrogens is 418 g/mol. The Morgan fingerprint density at radius 1 is 1.18 bits per heavy atom. The van der Waals surface area contributed by atoms with E-state index < -0.39 is 6.04 Å². The highest BCUT2D eigenvalue weighted by atomic mass is 16.5. The number of aryl methyl sites for hydroxylation is 2. The summed E-state index contributed by atoms with van der Waals surface area (Å²) in [6.45, 7) is 5.91. The molecule has 8 nitrogen and oxygen atoms in total. The smallest absolute Gasteiger partial charge is 0.184 e. The lowest BCUT2D eigenvalue weighted by Gasteiger charge is -2.14. The van der Waals surface area contributed by atoms with Gasteiger partial charge >= 0.3 is 0 Å². The lowest BCUT2D eigenvalue weighted by atomic mass is 10.0. The van der Waals surface area contributed by atoms with Gasteiger partial charge in [0.15, 0.2) is 17.6 Å². The molecule has 1 unspecified atom stereocenters. The summed E-state index contributed by atoms with van der Waals surface area (Å²) in [5.41, 5.74) is 2.94. The van der Waals surface area contributed by atoms with Gasteiger partial charge in [0.2, 0.25) is 0 Å². The Kier molecular flexibility index (Phi) is 8.14. The number of hydrogen-bond donors (Lipinski definition) is 1. The maximum absolute atomic E-state index is 11.7. The fourth-order valence-electron chi connectivity index (χ4n) is 3.57. The van der Waals surface area contributed by atoms with Gasteiger partial charge < -0.3 is 9.84 Å². The summed E-state index contributed by atoms with van der Waals surface area (Å²) in [6.07, 6.45) is 3.63. The molecule has 1 aromatic heterocycles. The number of hydrogen-bond acceptors (Lipinski definition) is 7. The van der Waals surface area contributed by atoms with E-state index in [0.717, 1.165) is 30.4 Å². The van der Waals surface area contributed by atoms with Crippen LogP contribution in [0.4, 0.5) is 0 Å². The van der Waals surface area contributed by atoms with Crippen LogP contribution in [0.5, 0.6) is 11.5 Å². The highest BCUT2D eigenvalue weighted by Crippen LogP contribution is 2.33. The van der Waals surface area contributed by atoms with Crippen LogP contribution in [0, 0.1) is 18.3 Å². The second-order valence-electron chi connectivity index (χ2n) is 8.02. The average Bonchev–Trinajstić information content (AvgIpc) is 3.25. The normalized spacial score (nSPS) is 11.7. The van der Waals surface area contributed by atoms with Crippen LogP contribution >= 0.6 is 0 Å². The molecule has 3 aromatic rings. The minimum Gasteiger partial charge on any atom is -0.507 e. The first-order valence-electron chi connectivity index (χ1n) is 11.2. The fraction of sp³-hybridized carbons (Fsp3) is 0.400. The number of ketones is 1. The van der Waals surface area contributed by atoms with Crippen molar-refractivity contribution >= 4 is 5.78 Å². The van der Waals surface area contributed by atoms with E-state index in [1.54, 1.807) is 12.1 Å². The van der Waals surface area contributed by atoms with Crippen molar-refractivity contribution in [3.05, 3.63) is 64.5 Å². The summed E-state index contributed by atoms with van der Waals surface area (Å²) in [5.74, 6) is 1.04. The van der Waals surface area contributed by atoms with E-state index in [2.05, 4.69) is 21.5 Å². The molecule has 0 saturated heterocycles. The number of benzene rings is 2. The number of ether oxygens (including phenoxy) is 1. The van der Waals surface area contributed by atoms with Gasteiger partial charge in [-0.3, -0.25) is 4.79 Å². The number of phenols is 1. The van der Waals surface area contributed by atoms with Crippen LogP contribution < -0.4 is 4.74 Å². The van der Waals surface area contributed by atoms with Gasteiger partial charge in [0.25, 0.3) is 0 Å². The molecule has 0 aliphatic carbocycles. The van der Waals surface area contributed by atoms with Crippen molar-refractivity contribution in [2.45, 2.75) is 58.9 Å². The summed E-state index contributed by atoms with van der Waals surface area (Å²) in [7, 11) is 0. The predicted molar refractivity (Wildman–Crippen MR) is 123 cm³/mol. The highest BCUT2D eigenvalue weighted by Gasteiger charge is 2.17. The average molecular weight is 448 g/mol. The van der Waals surface area contributed by atoms with E-state index in [0.29, 0.717) is 42.1 Å². The van der Waals surface area contributed by atoms with E-state index >= 15 is 0 Å². The number of Topliss-reactive ketones (excluding diaryl/α,β-unsaturated/α-hetero) is 1. The quantitative estimate of drug-likeness (QED) is 0.343. The van der Waals surface area contributed by atoms with Gasteiger partial charge in [-0.2, -0.15) is 5.26 Å². The Balaban J connectivity index is 1.54. The van der Waals surface area contributed by atoms with Crippen LogP contribution in [0.3, 0.4) is 0 Å². The van der Waals surface area contributed by atoms with Crippen molar-refractivity contribution in [1.82, 2.24) is 20.2 Å². The SMILES string of the molecule is CCCc1c(OCCCCc2nnn(C(C#N)c3ccc(C)cc3)n2)ccc(C(C)=O)c1O. The van der Waals surface area contributed by atoms with Crippen LogP contribution in [0.15, 0.2) is 36.4 Å². The van der Waals surface area contributed by atoms with Crippen molar-refractivity contribution in [3.63, 3.8) is 0 Å². The number of rotatable bonds is 11. The molecule has 0 radical (unpaired) electrons. The molecule has 0 fully saturated rings. The molecule has 1 atom stereocenters. The van der Waals surface area contributed by atoms with E-state index in [4.69, 9.17) is 4.74 Å². The van der Waals surface area contributed by atoms with Crippen LogP contribution in [-0.2, 0) is 12.8 Å². The van der Waals surface area contributed by atoms with Gasteiger partial charge in [0.1, 0.15) is 11.5 Å². The molecule has 0 bridgehead atoms. The first-order chi connectivity index (χ1) is 15.9. The standard InChI is InChI=1S/C25H29N5O3/c1-4-7-21-23(14-13-20(18(3)31)25(21)32)33-15-6-5-8-24-27-29-30(28-24)22(16-26)19-11-9-17(2)10-12-19/h9-14,22,32H,4-8,15H2,1-3H3. The Morgan fingerprint density at radius 3 is 2.61 bits per heavy atom. The molecule has 1 heterocycles. The third-order valence-electron chi connectivity index (χ3n) is 5.39. The van der Waals surface area contributed by atoms with Crippen LogP contribution in [-0.4, -0.2) is 37.7 Å². The second-order valence-corrected chi connectivity index (χ2v) is 8.02. The third-order valence-corrected chi connectivity index (χ3v) is 5.39. The topological polar surface area (TPSA) is 114 Å². The lowest BCUT2D eigenvalue weighted by molar-refractivity contribution is 0.101. The zero-order chi connectivity index (χ0) is 23.8. The number of aromatic hydroxyl groups is 1. The van der Waals surface area contributed by atoms with Gasteiger partial charge in [-0.15, -0.1) is 15.0 Å². The summed E-state index contributed by atoms with van der Waals surface area (Å²) < 4.78 is 5.90. The summed E-state index contributed by atoms with van der Waals surface area (Å²) in [4.78, 5) is 13.0. The zero-order valence-electron chi connectivity index (χ0n) is 19.3. The Labute approximate surface area is 193 Å². The maximum Gasteiger partial charge on any atom is 0.184 e. The van der Waals surface area contributed by atoms with E-state index in [1.807, 2.05) is 38.1 Å². The Bertz CT molecular complexity index is 1130. The summed E-state index contributed by atoms with van der Waals surface area (Å²) in [5, 5.41) is 32.5. The first-order valence-corrected chi connectivity index (χ1v) is 11.2. The van der Waals surface area contributed by atoms with Crippen molar-refractivity contribution in [2.24, 2.45) is 0 Å². The molecule has 1 N–H and O–H groups in total. The number of carbonyl (C=O) groups is 1. The lowest BCUT2D eigenvalue weighted by Crippen LogP contribution is -2.12. The molecule has 172 valence electrons. The summed E-state index contributed by atoms with van der Waals surface area (Å²) in [6, 6.07) is 12.7. The first kappa shape index (κ1) is 23.9. The number of phenolic OH excluding ortho intramolecular Hbond substituents is 1. The van der Waals surface area contributed by atoms with Gasteiger partial charge in [-0.05, 0) is 56.0 Å². The molecule has 0 aliphatic rings. The summed E-state index contributed by atoms with van der Waals surface area (Å²) >= 11 is 0. The van der Waals surface area contributed by atoms with E-state index in [-0.39, 0.29) is 11.5 Å². The number of tetrazole rings is 1. The Hall–Kier alpha value is -3.73. The van der Waals surface area contributed by atoms with Crippen molar-refractivity contribution in [1.29, 1.82) is 5.26 Å². The maximum atomic E-state index is 11.7. The highest BCUT2D eigenvalue weighted by molar-refractivity contribution is 5.97. The van der Waals surface area contributed by atoms with Crippen LogP contribution in [0.2, 0.25) is 0 Å². The van der Waals surface area contributed by atoms with Crippen molar-refractivity contribution in [3.8, 4) is 17.6 Å². The van der Waals surface area contributed by atoms with Crippen LogP contribution in [0.25, 0.3) is 0 Å². The number of aromatic nitrogens is 4. The zero-order valence-corrected chi connectivity index (χ0v) is 19.3. The van der Waals surface area contributed by atoms with Gasteiger partial charge in [-0.1, -0.05) is 43.2 Å². The number of nitrogens with zero attached hydrogens (tertiary/aromatic N) is 5. The molecule has 0 amide bonds. The van der Waals surface area contributed by atoms with E-state index in [9.17, 15) is 15.2 Å². The molecule has 0 spiro atoms. The van der Waals surface area contributed by atoms with E-state index in [1.165, 1.54) is 11.7 Å². The molecule has 33 heavy (non-hydrogen) atoms. The Morgan fingerprint density at radius 2 is 1.94 bits per heavy atom. The molecule has 0 saturated carbocycles. The van der Waals surface area contributed by atoms with Gasteiger partial charge in [0.05, 0.1) is 18.2 Å².